The fourth-order valence-corrected chi connectivity index (χ4v) is 3.80. The number of ether oxygens (including phenoxy) is 3. The number of benzene rings is 2. The van der Waals surface area contributed by atoms with E-state index >= 15 is 0 Å². The Bertz CT molecular complexity index is 981. The van der Waals surface area contributed by atoms with Crippen LogP contribution in [-0.2, 0) is 16.6 Å². The fraction of sp³-hybridized carbons (Fsp3) is 0.381. The van der Waals surface area contributed by atoms with Crippen LogP contribution >= 0.6 is 0 Å². The lowest BCUT2D eigenvalue weighted by atomic mass is 10.1. The van der Waals surface area contributed by atoms with E-state index in [2.05, 4.69) is 0 Å². The SMILES string of the molecule is CCS(=O)(=O)N(C)c1cccc(C(=O)N(C)Cc2cc(OC)c(OC)c(OC)c2)c1. The number of nitrogens with zero attached hydrogens (tertiary/aromatic N) is 2. The molecule has 1 amide bonds. The predicted molar refractivity (Wildman–Crippen MR) is 116 cm³/mol. The summed E-state index contributed by atoms with van der Waals surface area (Å²) in [6.45, 7) is 1.87. The van der Waals surface area contributed by atoms with Crippen LogP contribution in [0, 0.1) is 0 Å². The predicted octanol–water partition coefficient (Wildman–Crippen LogP) is 2.77. The van der Waals surface area contributed by atoms with E-state index in [0.717, 1.165) is 5.56 Å². The van der Waals surface area contributed by atoms with Gasteiger partial charge in [-0.2, -0.15) is 0 Å². The Kier molecular flexibility index (Phi) is 7.55. The molecule has 2 aromatic rings. The lowest BCUT2D eigenvalue weighted by molar-refractivity contribution is 0.0785. The van der Waals surface area contributed by atoms with Crippen molar-refractivity contribution >= 4 is 21.6 Å². The van der Waals surface area contributed by atoms with Gasteiger partial charge in [-0.1, -0.05) is 6.07 Å². The van der Waals surface area contributed by atoms with E-state index < -0.39 is 10.0 Å². The van der Waals surface area contributed by atoms with E-state index in [1.807, 2.05) is 0 Å². The summed E-state index contributed by atoms with van der Waals surface area (Å²) in [5.41, 5.74) is 1.62. The van der Waals surface area contributed by atoms with Gasteiger partial charge in [-0.15, -0.1) is 0 Å². The summed E-state index contributed by atoms with van der Waals surface area (Å²) in [7, 11) is 4.32. The lowest BCUT2D eigenvalue weighted by Gasteiger charge is -2.21. The van der Waals surface area contributed by atoms with Crippen molar-refractivity contribution in [3.8, 4) is 17.2 Å². The Morgan fingerprint density at radius 3 is 2.07 bits per heavy atom. The summed E-state index contributed by atoms with van der Waals surface area (Å²) in [6, 6.07) is 10.1. The molecule has 0 N–H and O–H groups in total. The van der Waals surface area contributed by atoms with Gasteiger partial charge in [-0.3, -0.25) is 9.10 Å². The smallest absolute Gasteiger partial charge is 0.253 e. The van der Waals surface area contributed by atoms with Gasteiger partial charge in [0.25, 0.3) is 5.91 Å². The molecule has 0 spiro atoms. The number of amides is 1. The molecule has 0 aromatic heterocycles. The minimum absolute atomic E-state index is 0.0251. The molecule has 2 rings (SSSR count). The average molecular weight is 437 g/mol. The zero-order valence-electron chi connectivity index (χ0n) is 18.1. The zero-order chi connectivity index (χ0) is 22.5. The van der Waals surface area contributed by atoms with Gasteiger partial charge in [0.2, 0.25) is 15.8 Å². The number of hydrogen-bond acceptors (Lipinski definition) is 6. The first-order valence-corrected chi connectivity index (χ1v) is 10.9. The summed E-state index contributed by atoms with van der Waals surface area (Å²) >= 11 is 0. The monoisotopic (exact) mass is 436 g/mol. The summed E-state index contributed by atoms with van der Waals surface area (Å²) in [5.74, 6) is 1.21. The van der Waals surface area contributed by atoms with E-state index in [0.29, 0.717) is 35.0 Å². The Labute approximate surface area is 178 Å². The zero-order valence-corrected chi connectivity index (χ0v) is 18.9. The first kappa shape index (κ1) is 23.3. The van der Waals surface area contributed by atoms with Crippen LogP contribution in [-0.4, -0.2) is 60.4 Å². The van der Waals surface area contributed by atoms with Crippen LogP contribution in [0.25, 0.3) is 0 Å². The second kappa shape index (κ2) is 9.71. The number of rotatable bonds is 9. The van der Waals surface area contributed by atoms with E-state index in [1.165, 1.54) is 37.6 Å². The summed E-state index contributed by atoms with van der Waals surface area (Å²) in [4.78, 5) is 14.5. The Hall–Kier alpha value is -2.94. The van der Waals surface area contributed by atoms with Gasteiger partial charge in [-0.05, 0) is 42.8 Å². The van der Waals surface area contributed by atoms with Gasteiger partial charge in [0.05, 0.1) is 32.8 Å². The maximum absolute atomic E-state index is 12.9. The summed E-state index contributed by atoms with van der Waals surface area (Å²) in [5, 5.41) is 0. The summed E-state index contributed by atoms with van der Waals surface area (Å²) < 4.78 is 41.5. The van der Waals surface area contributed by atoms with E-state index in [1.54, 1.807) is 50.4 Å². The molecule has 0 radical (unpaired) electrons. The second-order valence-electron chi connectivity index (χ2n) is 6.61. The quantitative estimate of drug-likeness (QED) is 0.601. The normalized spacial score (nSPS) is 11.0. The highest BCUT2D eigenvalue weighted by Crippen LogP contribution is 2.38. The van der Waals surface area contributed by atoms with Crippen molar-refractivity contribution in [2.75, 3.05) is 45.5 Å². The van der Waals surface area contributed by atoms with Crippen molar-refractivity contribution in [3.05, 3.63) is 47.5 Å². The third-order valence-corrected chi connectivity index (χ3v) is 6.50. The van der Waals surface area contributed by atoms with Crippen LogP contribution in [0.5, 0.6) is 17.2 Å². The molecule has 0 aliphatic rings. The molecular formula is C21H28N2O6S. The van der Waals surface area contributed by atoms with Crippen LogP contribution in [0.1, 0.15) is 22.8 Å². The van der Waals surface area contributed by atoms with Crippen LogP contribution in [0.4, 0.5) is 5.69 Å². The van der Waals surface area contributed by atoms with Gasteiger partial charge in [0.1, 0.15) is 0 Å². The van der Waals surface area contributed by atoms with Crippen molar-refractivity contribution in [2.24, 2.45) is 0 Å². The van der Waals surface area contributed by atoms with Crippen LogP contribution < -0.4 is 18.5 Å². The van der Waals surface area contributed by atoms with Gasteiger partial charge in [0.15, 0.2) is 11.5 Å². The number of anilines is 1. The minimum Gasteiger partial charge on any atom is -0.493 e. The molecule has 0 saturated heterocycles. The highest BCUT2D eigenvalue weighted by Gasteiger charge is 2.20. The third kappa shape index (κ3) is 4.96. The van der Waals surface area contributed by atoms with Gasteiger partial charge >= 0.3 is 0 Å². The third-order valence-electron chi connectivity index (χ3n) is 4.73. The van der Waals surface area contributed by atoms with Gasteiger partial charge in [0, 0.05) is 26.2 Å². The molecule has 8 nitrogen and oxygen atoms in total. The topological polar surface area (TPSA) is 85.4 Å². The van der Waals surface area contributed by atoms with Gasteiger partial charge < -0.3 is 19.1 Å². The standard InChI is InChI=1S/C21H28N2O6S/c1-7-30(25,26)23(3)17-10-8-9-16(13-17)21(24)22(2)14-15-11-18(27-4)20(29-6)19(12-15)28-5/h8-13H,7,14H2,1-6H3. The van der Waals surface area contributed by atoms with Crippen molar-refractivity contribution in [1.29, 1.82) is 0 Å². The first-order chi connectivity index (χ1) is 14.2. The Morgan fingerprint density at radius 2 is 1.57 bits per heavy atom. The highest BCUT2D eigenvalue weighted by molar-refractivity contribution is 7.92. The molecule has 0 saturated carbocycles. The molecule has 0 aliphatic carbocycles. The molecule has 2 aromatic carbocycles. The molecule has 0 aliphatic heterocycles. The molecule has 0 atom stereocenters. The Balaban J connectivity index is 2.28. The number of methoxy groups -OCH3 is 3. The van der Waals surface area contributed by atoms with E-state index in [9.17, 15) is 13.2 Å². The number of carbonyl (C=O) groups is 1. The van der Waals surface area contributed by atoms with Crippen LogP contribution in [0.3, 0.4) is 0 Å². The molecule has 0 bridgehead atoms. The first-order valence-electron chi connectivity index (χ1n) is 9.29. The van der Waals surface area contributed by atoms with E-state index in [4.69, 9.17) is 14.2 Å². The molecular weight excluding hydrogens is 408 g/mol. The van der Waals surface area contributed by atoms with Crippen LogP contribution in [0.2, 0.25) is 0 Å². The maximum atomic E-state index is 12.9. The van der Waals surface area contributed by atoms with Crippen molar-refractivity contribution in [1.82, 2.24) is 4.90 Å². The molecule has 164 valence electrons. The van der Waals surface area contributed by atoms with Crippen LogP contribution in [0.15, 0.2) is 36.4 Å². The van der Waals surface area contributed by atoms with Crippen molar-refractivity contribution in [2.45, 2.75) is 13.5 Å². The molecule has 0 heterocycles. The second-order valence-corrected chi connectivity index (χ2v) is 8.90. The highest BCUT2D eigenvalue weighted by atomic mass is 32.2. The minimum atomic E-state index is -3.42. The lowest BCUT2D eigenvalue weighted by Crippen LogP contribution is -2.29. The number of carbonyl (C=O) groups excluding carboxylic acids is 1. The molecule has 0 unspecified atom stereocenters. The fourth-order valence-electron chi connectivity index (χ4n) is 2.98. The number of sulfonamides is 1. The number of hydrogen-bond donors (Lipinski definition) is 0. The van der Waals surface area contributed by atoms with Crippen molar-refractivity contribution in [3.63, 3.8) is 0 Å². The van der Waals surface area contributed by atoms with E-state index in [-0.39, 0.29) is 11.7 Å². The van der Waals surface area contributed by atoms with Gasteiger partial charge in [-0.25, -0.2) is 8.42 Å². The largest absolute Gasteiger partial charge is 0.493 e. The summed E-state index contributed by atoms with van der Waals surface area (Å²) in [6.07, 6.45) is 0. The molecule has 0 fully saturated rings. The molecule has 9 heteroatoms. The Morgan fingerprint density at radius 1 is 0.967 bits per heavy atom. The van der Waals surface area contributed by atoms with Crippen molar-refractivity contribution < 1.29 is 27.4 Å². The average Bonchev–Trinajstić information content (AvgIpc) is 2.77. The maximum Gasteiger partial charge on any atom is 0.253 e. The molecule has 30 heavy (non-hydrogen) atoms.